The average molecular weight is 227 g/mol. The largest absolute Gasteiger partial charge is 0.488 e. The number of halogens is 1. The molecular formula is C9H11BClNO3. The minimum absolute atomic E-state index is 0.279. The van der Waals surface area contributed by atoms with Crippen LogP contribution in [0.5, 0.6) is 0 Å². The van der Waals surface area contributed by atoms with Crippen molar-refractivity contribution in [2.75, 3.05) is 12.4 Å². The van der Waals surface area contributed by atoms with Crippen molar-refractivity contribution in [2.45, 2.75) is 0 Å². The molecule has 1 aromatic rings. The van der Waals surface area contributed by atoms with E-state index in [1.165, 1.54) is 12.1 Å². The van der Waals surface area contributed by atoms with Crippen molar-refractivity contribution in [3.8, 4) is 0 Å². The van der Waals surface area contributed by atoms with E-state index in [4.69, 9.17) is 21.6 Å². The summed E-state index contributed by atoms with van der Waals surface area (Å²) in [5.74, 6) is 0.0618. The Labute approximate surface area is 93.0 Å². The first-order chi connectivity index (χ1) is 7.15. The highest BCUT2D eigenvalue weighted by molar-refractivity contribution is 6.58. The van der Waals surface area contributed by atoms with Crippen LogP contribution >= 0.6 is 11.6 Å². The van der Waals surface area contributed by atoms with Crippen LogP contribution in [0.15, 0.2) is 24.3 Å². The fourth-order valence-corrected chi connectivity index (χ4v) is 1.20. The van der Waals surface area contributed by atoms with E-state index in [1.807, 2.05) is 0 Å². The lowest BCUT2D eigenvalue weighted by atomic mass is 9.79. The number of hydrogen-bond donors (Lipinski definition) is 3. The van der Waals surface area contributed by atoms with Gasteiger partial charge in [0.05, 0.1) is 0 Å². The summed E-state index contributed by atoms with van der Waals surface area (Å²) in [6.07, 6.45) is 0. The van der Waals surface area contributed by atoms with Gasteiger partial charge in [0.25, 0.3) is 5.91 Å². The van der Waals surface area contributed by atoms with Crippen molar-refractivity contribution >= 4 is 30.1 Å². The first-order valence-electron chi connectivity index (χ1n) is 4.45. The van der Waals surface area contributed by atoms with Gasteiger partial charge in [-0.05, 0) is 17.6 Å². The van der Waals surface area contributed by atoms with Crippen LogP contribution in [0.1, 0.15) is 10.4 Å². The molecule has 0 aliphatic carbocycles. The maximum absolute atomic E-state index is 11.4. The Hall–Kier alpha value is -1.04. The van der Waals surface area contributed by atoms with Crippen molar-refractivity contribution in [1.29, 1.82) is 0 Å². The van der Waals surface area contributed by atoms with Crippen LogP contribution in [0, 0.1) is 0 Å². The highest BCUT2D eigenvalue weighted by Gasteiger charge is 2.13. The van der Waals surface area contributed by atoms with Crippen LogP contribution in [0.3, 0.4) is 0 Å². The average Bonchev–Trinajstić information content (AvgIpc) is 2.26. The molecule has 0 saturated carbocycles. The van der Waals surface area contributed by atoms with Gasteiger partial charge in [0.1, 0.15) is 0 Å². The second-order valence-corrected chi connectivity index (χ2v) is 3.32. The maximum atomic E-state index is 11.4. The summed E-state index contributed by atoms with van der Waals surface area (Å²) < 4.78 is 0. The monoisotopic (exact) mass is 227 g/mol. The van der Waals surface area contributed by atoms with Crippen molar-refractivity contribution < 1.29 is 14.8 Å². The van der Waals surface area contributed by atoms with Crippen molar-refractivity contribution in [3.05, 3.63) is 29.8 Å². The van der Waals surface area contributed by atoms with Crippen LogP contribution < -0.4 is 10.8 Å². The molecule has 4 nitrogen and oxygen atoms in total. The minimum Gasteiger partial charge on any atom is -0.423 e. The molecule has 0 heterocycles. The molecule has 80 valence electrons. The summed E-state index contributed by atoms with van der Waals surface area (Å²) >= 11 is 5.42. The number of nitrogens with one attached hydrogen (secondary N) is 1. The van der Waals surface area contributed by atoms with E-state index in [0.717, 1.165) is 0 Å². The van der Waals surface area contributed by atoms with Crippen LogP contribution in [-0.4, -0.2) is 35.5 Å². The molecule has 3 N–H and O–H groups in total. The smallest absolute Gasteiger partial charge is 0.423 e. The highest BCUT2D eigenvalue weighted by atomic mass is 35.5. The molecule has 0 aromatic heterocycles. The Balaban J connectivity index is 2.76. The van der Waals surface area contributed by atoms with Crippen molar-refractivity contribution in [2.24, 2.45) is 0 Å². The minimum atomic E-state index is -1.56. The number of benzene rings is 1. The van der Waals surface area contributed by atoms with Gasteiger partial charge in [0, 0.05) is 18.0 Å². The quantitative estimate of drug-likeness (QED) is 0.472. The summed E-state index contributed by atoms with van der Waals surface area (Å²) in [4.78, 5) is 11.4. The molecule has 15 heavy (non-hydrogen) atoms. The van der Waals surface area contributed by atoms with Gasteiger partial charge < -0.3 is 15.4 Å². The highest BCUT2D eigenvalue weighted by Crippen LogP contribution is 1.97. The molecule has 0 saturated heterocycles. The SMILES string of the molecule is O=C(NCCCl)c1cccc(B(O)O)c1. The van der Waals surface area contributed by atoms with E-state index in [0.29, 0.717) is 18.0 Å². The van der Waals surface area contributed by atoms with Crippen LogP contribution in [0.2, 0.25) is 0 Å². The zero-order valence-electron chi connectivity index (χ0n) is 7.98. The Morgan fingerprint density at radius 2 is 2.20 bits per heavy atom. The summed E-state index contributed by atoms with van der Waals surface area (Å²) in [6.45, 7) is 0.381. The molecule has 0 fully saturated rings. The Bertz CT molecular complexity index is 346. The molecule has 0 aliphatic heterocycles. The molecule has 1 aromatic carbocycles. The zero-order chi connectivity index (χ0) is 11.3. The van der Waals surface area contributed by atoms with Gasteiger partial charge in [-0.15, -0.1) is 11.6 Å². The number of carbonyl (C=O) groups excluding carboxylic acids is 1. The van der Waals surface area contributed by atoms with Gasteiger partial charge >= 0.3 is 7.12 Å². The number of amides is 1. The summed E-state index contributed by atoms with van der Waals surface area (Å²) in [5.41, 5.74) is 0.666. The summed E-state index contributed by atoms with van der Waals surface area (Å²) in [5, 5.41) is 20.4. The fourth-order valence-electron chi connectivity index (χ4n) is 1.10. The Kier molecular flexibility index (Phi) is 4.61. The van der Waals surface area contributed by atoms with E-state index in [9.17, 15) is 4.79 Å². The van der Waals surface area contributed by atoms with E-state index in [1.54, 1.807) is 12.1 Å². The molecule has 0 bridgehead atoms. The summed E-state index contributed by atoms with van der Waals surface area (Å²) in [6, 6.07) is 6.14. The molecular weight excluding hydrogens is 216 g/mol. The third kappa shape index (κ3) is 3.55. The van der Waals surface area contributed by atoms with E-state index in [2.05, 4.69) is 5.32 Å². The molecule has 1 rings (SSSR count). The lowest BCUT2D eigenvalue weighted by Gasteiger charge is -2.04. The van der Waals surface area contributed by atoms with Crippen molar-refractivity contribution in [1.82, 2.24) is 5.32 Å². The third-order valence-corrected chi connectivity index (χ3v) is 2.02. The second kappa shape index (κ2) is 5.75. The maximum Gasteiger partial charge on any atom is 0.488 e. The number of alkyl halides is 1. The van der Waals surface area contributed by atoms with E-state index < -0.39 is 7.12 Å². The van der Waals surface area contributed by atoms with E-state index >= 15 is 0 Å². The normalized spacial score (nSPS) is 9.80. The van der Waals surface area contributed by atoms with Crippen molar-refractivity contribution in [3.63, 3.8) is 0 Å². The van der Waals surface area contributed by atoms with E-state index in [-0.39, 0.29) is 11.4 Å². The van der Waals surface area contributed by atoms with Gasteiger partial charge in [0.15, 0.2) is 0 Å². The standard InChI is InChI=1S/C9H11BClNO3/c11-4-5-12-9(13)7-2-1-3-8(6-7)10(14)15/h1-3,6,14-15H,4-5H2,(H,12,13). The van der Waals surface area contributed by atoms with Gasteiger partial charge in [-0.2, -0.15) is 0 Å². The molecule has 0 spiro atoms. The number of carbonyl (C=O) groups is 1. The predicted molar refractivity (Wildman–Crippen MR) is 59.3 cm³/mol. The number of rotatable bonds is 4. The third-order valence-electron chi connectivity index (χ3n) is 1.83. The topological polar surface area (TPSA) is 69.6 Å². The van der Waals surface area contributed by atoms with Gasteiger partial charge in [0.2, 0.25) is 0 Å². The molecule has 1 amide bonds. The Morgan fingerprint density at radius 1 is 1.47 bits per heavy atom. The summed E-state index contributed by atoms with van der Waals surface area (Å²) in [7, 11) is -1.56. The van der Waals surface area contributed by atoms with Gasteiger partial charge in [-0.25, -0.2) is 0 Å². The first-order valence-corrected chi connectivity index (χ1v) is 4.99. The molecule has 6 heteroatoms. The van der Waals surface area contributed by atoms with Gasteiger partial charge in [-0.3, -0.25) is 4.79 Å². The molecule has 0 atom stereocenters. The number of hydrogen-bond acceptors (Lipinski definition) is 3. The van der Waals surface area contributed by atoms with Crippen LogP contribution in [0.4, 0.5) is 0 Å². The lowest BCUT2D eigenvalue weighted by Crippen LogP contribution is -2.32. The van der Waals surface area contributed by atoms with Crippen LogP contribution in [0.25, 0.3) is 0 Å². The van der Waals surface area contributed by atoms with Crippen LogP contribution in [-0.2, 0) is 0 Å². The second-order valence-electron chi connectivity index (χ2n) is 2.94. The zero-order valence-corrected chi connectivity index (χ0v) is 8.74. The first kappa shape index (κ1) is 12.0. The Morgan fingerprint density at radius 3 is 2.80 bits per heavy atom. The predicted octanol–water partition coefficient (Wildman–Crippen LogP) is -0.665. The lowest BCUT2D eigenvalue weighted by molar-refractivity contribution is 0.0956. The molecule has 0 unspecified atom stereocenters. The van der Waals surface area contributed by atoms with Gasteiger partial charge in [-0.1, -0.05) is 12.1 Å². The molecule has 0 radical (unpaired) electrons. The molecule has 0 aliphatic rings. The fraction of sp³-hybridized carbons (Fsp3) is 0.222.